The molecule has 1 rings (SSSR count). The summed E-state index contributed by atoms with van der Waals surface area (Å²) in [6.45, 7) is 24.4. The summed E-state index contributed by atoms with van der Waals surface area (Å²) in [6.07, 6.45) is 0.356. The lowest BCUT2D eigenvalue weighted by Gasteiger charge is -2.42. The van der Waals surface area contributed by atoms with Gasteiger partial charge in [-0.05, 0) is 79.3 Å². The van der Waals surface area contributed by atoms with Crippen molar-refractivity contribution in [2.45, 2.75) is 118 Å². The van der Waals surface area contributed by atoms with Gasteiger partial charge in [0.25, 0.3) is 0 Å². The average Bonchev–Trinajstić information content (AvgIpc) is 2.80. The second kappa shape index (κ2) is 9.69. The Morgan fingerprint density at radius 1 is 1.03 bits per heavy atom. The second-order valence-electron chi connectivity index (χ2n) is 12.2. The van der Waals surface area contributed by atoms with E-state index in [-0.39, 0.29) is 23.5 Å². The van der Waals surface area contributed by atoms with Crippen molar-refractivity contribution in [1.82, 2.24) is 10.2 Å². The molecule has 0 saturated carbocycles. The van der Waals surface area contributed by atoms with Crippen LogP contribution in [-0.4, -0.2) is 55.6 Å². The topological polar surface area (TPSA) is 77.1 Å². The first kappa shape index (κ1) is 27.8. The number of nitrogens with zero attached hydrogens (tertiary/aromatic N) is 1. The monoisotopic (exact) mass is 458 g/mol. The Bertz CT molecular complexity index is 633. The molecule has 182 valence electrons. The highest BCUT2D eigenvalue weighted by atomic mass is 28.3. The van der Waals surface area contributed by atoms with Crippen LogP contribution >= 0.6 is 0 Å². The van der Waals surface area contributed by atoms with E-state index < -0.39 is 32.1 Å². The lowest BCUT2D eigenvalue weighted by Crippen LogP contribution is -2.55. The molecule has 0 bridgehead atoms. The third kappa shape index (κ3) is 9.00. The first-order chi connectivity index (χ1) is 13.7. The number of hydrogen-bond donors (Lipinski definition) is 1. The first-order valence-corrected chi connectivity index (χ1v) is 14.2. The number of ether oxygens (including phenoxy) is 2. The standard InChI is InChI=1S/C23H46N2O5Si/c1-16(24-18(26)28-21(5,6)7)13-23(30-31(11)12)14-17(20(2,3)4)15-25(23)19(27)29-22(8,9)10/h16-17,31H,13-15H2,1-12H3,(H,24,26)/t16?,17-,23-/m0/s1. The molecule has 1 fully saturated rings. The smallest absolute Gasteiger partial charge is 0.412 e. The van der Waals surface area contributed by atoms with Crippen molar-refractivity contribution >= 4 is 21.2 Å². The van der Waals surface area contributed by atoms with Gasteiger partial charge < -0.3 is 19.2 Å². The Labute approximate surface area is 191 Å². The van der Waals surface area contributed by atoms with Crippen LogP contribution in [0.3, 0.4) is 0 Å². The van der Waals surface area contributed by atoms with Crippen LogP contribution in [0.25, 0.3) is 0 Å². The van der Waals surface area contributed by atoms with Crippen LogP contribution in [0.4, 0.5) is 9.59 Å². The lowest BCUT2D eigenvalue weighted by atomic mass is 9.78. The van der Waals surface area contributed by atoms with Crippen molar-refractivity contribution in [2.24, 2.45) is 11.3 Å². The van der Waals surface area contributed by atoms with Crippen LogP contribution in [0.15, 0.2) is 0 Å². The van der Waals surface area contributed by atoms with E-state index in [1.807, 2.05) is 48.5 Å². The number of carbonyl (C=O) groups is 2. The first-order valence-electron chi connectivity index (χ1n) is 11.4. The van der Waals surface area contributed by atoms with Crippen molar-refractivity contribution < 1.29 is 23.5 Å². The van der Waals surface area contributed by atoms with Gasteiger partial charge in [0.15, 0.2) is 9.04 Å². The maximum absolute atomic E-state index is 13.2. The fourth-order valence-corrected chi connectivity index (χ4v) is 5.11. The van der Waals surface area contributed by atoms with E-state index in [0.717, 1.165) is 0 Å². The largest absolute Gasteiger partial charge is 0.444 e. The van der Waals surface area contributed by atoms with Crippen molar-refractivity contribution in [3.63, 3.8) is 0 Å². The van der Waals surface area contributed by atoms with Crippen LogP contribution in [0.2, 0.25) is 13.1 Å². The van der Waals surface area contributed by atoms with Crippen LogP contribution in [-0.2, 0) is 13.9 Å². The molecule has 8 heteroatoms. The fourth-order valence-electron chi connectivity index (χ4n) is 3.91. The van der Waals surface area contributed by atoms with Gasteiger partial charge in [-0.3, -0.25) is 4.90 Å². The quantitative estimate of drug-likeness (QED) is 0.567. The summed E-state index contributed by atoms with van der Waals surface area (Å²) in [5.41, 5.74) is -1.98. The van der Waals surface area contributed by atoms with E-state index in [0.29, 0.717) is 19.4 Å². The molecular weight excluding hydrogens is 412 g/mol. The SMILES string of the molecule is CC(C[C@]1(O[SiH](C)C)C[C@H](C(C)(C)C)CN1C(=O)OC(C)(C)C)NC(=O)OC(C)(C)C. The highest BCUT2D eigenvalue weighted by molar-refractivity contribution is 6.48. The zero-order valence-electron chi connectivity index (χ0n) is 21.8. The minimum absolute atomic E-state index is 0.00569. The fraction of sp³-hybridized carbons (Fsp3) is 0.913. The van der Waals surface area contributed by atoms with Crippen molar-refractivity contribution in [2.75, 3.05) is 6.54 Å². The van der Waals surface area contributed by atoms with Gasteiger partial charge in [-0.25, -0.2) is 9.59 Å². The summed E-state index contributed by atoms with van der Waals surface area (Å²) < 4.78 is 17.8. The number of nitrogens with one attached hydrogen (secondary N) is 1. The Hall–Kier alpha value is -1.28. The highest BCUT2D eigenvalue weighted by Crippen LogP contribution is 2.46. The molecule has 0 aromatic rings. The molecule has 1 unspecified atom stereocenters. The van der Waals surface area contributed by atoms with Crippen LogP contribution in [0, 0.1) is 11.3 Å². The summed E-state index contributed by atoms with van der Waals surface area (Å²) in [5, 5.41) is 2.92. The number of likely N-dealkylation sites (tertiary alicyclic amines) is 1. The minimum Gasteiger partial charge on any atom is -0.444 e. The van der Waals surface area contributed by atoms with E-state index in [9.17, 15) is 9.59 Å². The maximum atomic E-state index is 13.2. The molecule has 1 aliphatic heterocycles. The van der Waals surface area contributed by atoms with E-state index in [4.69, 9.17) is 13.9 Å². The van der Waals surface area contributed by atoms with Crippen LogP contribution in [0.1, 0.15) is 82.1 Å². The van der Waals surface area contributed by atoms with Gasteiger partial charge >= 0.3 is 12.2 Å². The Kier molecular flexibility index (Phi) is 8.67. The van der Waals surface area contributed by atoms with Gasteiger partial charge in [0, 0.05) is 19.0 Å². The normalized spacial score (nSPS) is 23.6. The summed E-state index contributed by atoms with van der Waals surface area (Å²) in [5.74, 6) is 0.251. The number of alkyl carbamates (subject to hydrolysis) is 1. The summed E-state index contributed by atoms with van der Waals surface area (Å²) in [6, 6.07) is -0.244. The molecule has 0 radical (unpaired) electrons. The zero-order valence-corrected chi connectivity index (χ0v) is 23.0. The van der Waals surface area contributed by atoms with Gasteiger partial charge in [-0.15, -0.1) is 0 Å². The molecule has 2 amide bonds. The Balaban J connectivity index is 3.22. The Morgan fingerprint density at radius 2 is 1.55 bits per heavy atom. The molecule has 1 heterocycles. The lowest BCUT2D eigenvalue weighted by molar-refractivity contribution is -0.0768. The maximum Gasteiger partial charge on any atom is 0.412 e. The highest BCUT2D eigenvalue weighted by Gasteiger charge is 2.53. The zero-order chi connectivity index (χ0) is 24.4. The van der Waals surface area contributed by atoms with Crippen molar-refractivity contribution in [3.05, 3.63) is 0 Å². The summed E-state index contributed by atoms with van der Waals surface area (Å²) in [4.78, 5) is 27.3. The molecular formula is C23H46N2O5Si. The van der Waals surface area contributed by atoms with E-state index >= 15 is 0 Å². The second-order valence-corrected chi connectivity index (χ2v) is 14.6. The molecule has 1 N–H and O–H groups in total. The van der Waals surface area contributed by atoms with E-state index in [1.54, 1.807) is 4.90 Å². The molecule has 0 aliphatic carbocycles. The summed E-state index contributed by atoms with van der Waals surface area (Å²) >= 11 is 0. The number of carbonyl (C=O) groups excluding carboxylic acids is 2. The molecule has 1 saturated heterocycles. The molecule has 31 heavy (non-hydrogen) atoms. The predicted molar refractivity (Wildman–Crippen MR) is 127 cm³/mol. The van der Waals surface area contributed by atoms with Gasteiger partial charge in [0.1, 0.15) is 16.9 Å². The molecule has 1 aliphatic rings. The minimum atomic E-state index is -1.53. The van der Waals surface area contributed by atoms with Crippen molar-refractivity contribution in [3.8, 4) is 0 Å². The van der Waals surface area contributed by atoms with Gasteiger partial charge in [-0.1, -0.05) is 20.8 Å². The average molecular weight is 459 g/mol. The van der Waals surface area contributed by atoms with E-state index in [1.165, 1.54) is 0 Å². The molecule has 7 nitrogen and oxygen atoms in total. The third-order valence-corrected chi connectivity index (χ3v) is 6.05. The molecule has 0 aromatic heterocycles. The van der Waals surface area contributed by atoms with E-state index in [2.05, 4.69) is 39.2 Å². The van der Waals surface area contributed by atoms with Gasteiger partial charge in [0.05, 0.1) is 0 Å². The molecule has 3 atom stereocenters. The number of amides is 2. The molecule has 0 aromatic carbocycles. The number of hydrogen-bond acceptors (Lipinski definition) is 5. The van der Waals surface area contributed by atoms with Crippen molar-refractivity contribution in [1.29, 1.82) is 0 Å². The number of rotatable bonds is 5. The predicted octanol–water partition coefficient (Wildman–Crippen LogP) is 5.29. The van der Waals surface area contributed by atoms with Gasteiger partial charge in [0.2, 0.25) is 0 Å². The van der Waals surface area contributed by atoms with Gasteiger partial charge in [-0.2, -0.15) is 0 Å². The summed E-state index contributed by atoms with van der Waals surface area (Å²) in [7, 11) is -1.53. The van der Waals surface area contributed by atoms with Crippen LogP contribution in [0.5, 0.6) is 0 Å². The third-order valence-electron chi connectivity index (χ3n) is 5.14. The molecule has 0 spiro atoms. The Morgan fingerprint density at radius 3 is 1.97 bits per heavy atom. The van der Waals surface area contributed by atoms with Crippen LogP contribution < -0.4 is 5.32 Å².